The van der Waals surface area contributed by atoms with Gasteiger partial charge in [-0.3, -0.25) is 9.59 Å². The molecule has 147 valence electrons. The van der Waals surface area contributed by atoms with Crippen molar-refractivity contribution in [1.29, 1.82) is 5.26 Å². The summed E-state index contributed by atoms with van der Waals surface area (Å²) >= 11 is 0. The summed E-state index contributed by atoms with van der Waals surface area (Å²) in [5, 5.41) is 8.95. The number of amides is 1. The van der Waals surface area contributed by atoms with Crippen molar-refractivity contribution in [3.63, 3.8) is 0 Å². The summed E-state index contributed by atoms with van der Waals surface area (Å²) in [4.78, 5) is 26.6. The quantitative estimate of drug-likeness (QED) is 0.772. The van der Waals surface area contributed by atoms with Crippen molar-refractivity contribution in [2.75, 3.05) is 13.1 Å². The molecule has 4 nitrogen and oxygen atoms in total. The number of hydrogen-bond acceptors (Lipinski definition) is 3. The molecule has 1 radical (unpaired) electrons. The Labute approximate surface area is 172 Å². The number of carbonyl (C=O) groups excluding carboxylic acids is 2. The Morgan fingerprint density at radius 3 is 2.28 bits per heavy atom. The second kappa shape index (κ2) is 8.21. The Bertz CT molecular complexity index is 960. The molecule has 1 saturated heterocycles. The predicted octanol–water partition coefficient (Wildman–Crippen LogP) is 4.61. The maximum Gasteiger partial charge on any atom is 0.254 e. The smallest absolute Gasteiger partial charge is 0.254 e. The van der Waals surface area contributed by atoms with Gasteiger partial charge in [-0.1, -0.05) is 24.6 Å². The number of likely N-dealkylation sites (tertiary alicyclic amines) is 1. The Kier molecular flexibility index (Phi) is 5.49. The van der Waals surface area contributed by atoms with E-state index < -0.39 is 0 Å². The highest BCUT2D eigenvalue weighted by Gasteiger charge is 2.28. The van der Waals surface area contributed by atoms with Gasteiger partial charge in [0.05, 0.1) is 11.6 Å². The molecule has 0 spiro atoms. The van der Waals surface area contributed by atoms with Crippen molar-refractivity contribution in [3.8, 4) is 6.07 Å². The van der Waals surface area contributed by atoms with Crippen LogP contribution in [0.3, 0.4) is 0 Å². The molecule has 29 heavy (non-hydrogen) atoms. The van der Waals surface area contributed by atoms with Crippen LogP contribution in [0.2, 0.25) is 0 Å². The monoisotopic (exact) mass is 385 g/mol. The highest BCUT2D eigenvalue weighted by molar-refractivity contribution is 5.97. The molecule has 2 aliphatic rings. The summed E-state index contributed by atoms with van der Waals surface area (Å²) in [6, 6.07) is 13.7. The van der Waals surface area contributed by atoms with Gasteiger partial charge in [0.1, 0.15) is 0 Å². The number of benzene rings is 2. The van der Waals surface area contributed by atoms with Crippen LogP contribution in [0.4, 0.5) is 0 Å². The minimum absolute atomic E-state index is 0.0115. The van der Waals surface area contributed by atoms with Crippen molar-refractivity contribution < 1.29 is 9.59 Å². The number of nitrogens with zero attached hydrogens (tertiary/aromatic N) is 2. The fourth-order valence-electron chi connectivity index (χ4n) is 4.52. The lowest BCUT2D eigenvalue weighted by atomic mass is 9.77. The van der Waals surface area contributed by atoms with Crippen molar-refractivity contribution in [2.45, 2.75) is 50.9 Å². The first-order chi connectivity index (χ1) is 14.1. The highest BCUT2D eigenvalue weighted by Crippen LogP contribution is 2.39. The third kappa shape index (κ3) is 3.82. The molecule has 2 aromatic rings. The Balaban J connectivity index is 1.46. The molecule has 0 N–H and O–H groups in total. The minimum atomic E-state index is 0.0115. The van der Waals surface area contributed by atoms with Gasteiger partial charge >= 0.3 is 0 Å². The van der Waals surface area contributed by atoms with Gasteiger partial charge in [-0.2, -0.15) is 5.26 Å². The second-order valence-corrected chi connectivity index (χ2v) is 8.28. The van der Waals surface area contributed by atoms with E-state index in [1.54, 1.807) is 6.07 Å². The topological polar surface area (TPSA) is 61.2 Å². The van der Waals surface area contributed by atoms with E-state index >= 15 is 0 Å². The molecule has 2 aromatic carbocycles. The average Bonchev–Trinajstić information content (AvgIpc) is 2.72. The van der Waals surface area contributed by atoms with Gasteiger partial charge in [0.15, 0.2) is 0 Å². The van der Waals surface area contributed by atoms with E-state index in [0.717, 1.165) is 36.8 Å². The van der Waals surface area contributed by atoms with Gasteiger partial charge in [0.2, 0.25) is 6.29 Å². The van der Waals surface area contributed by atoms with Gasteiger partial charge < -0.3 is 4.90 Å². The van der Waals surface area contributed by atoms with Crippen LogP contribution in [-0.2, 0) is 4.79 Å². The third-order valence-corrected chi connectivity index (χ3v) is 6.58. The zero-order valence-corrected chi connectivity index (χ0v) is 16.8. The summed E-state index contributed by atoms with van der Waals surface area (Å²) in [7, 11) is 0. The average molecular weight is 385 g/mol. The van der Waals surface area contributed by atoms with Gasteiger partial charge in [0.25, 0.3) is 5.91 Å². The van der Waals surface area contributed by atoms with Crippen LogP contribution >= 0.6 is 0 Å². The molecule has 0 atom stereocenters. The molecular formula is C25H25N2O2. The number of hydrogen-bond donors (Lipinski definition) is 0. The van der Waals surface area contributed by atoms with E-state index in [4.69, 9.17) is 5.26 Å². The first kappa shape index (κ1) is 19.4. The molecule has 1 amide bonds. The maximum atomic E-state index is 13.1. The minimum Gasteiger partial charge on any atom is -0.339 e. The fourth-order valence-corrected chi connectivity index (χ4v) is 4.52. The van der Waals surface area contributed by atoms with E-state index in [-0.39, 0.29) is 5.91 Å². The summed E-state index contributed by atoms with van der Waals surface area (Å²) in [5.74, 6) is 0.864. The zero-order valence-electron chi connectivity index (χ0n) is 16.8. The normalized spacial score (nSPS) is 17.4. The van der Waals surface area contributed by atoms with Gasteiger partial charge in [-0.25, -0.2) is 0 Å². The second-order valence-electron chi connectivity index (χ2n) is 8.28. The van der Waals surface area contributed by atoms with E-state index in [0.29, 0.717) is 41.6 Å². The number of carbonyl (C=O) groups is 1. The van der Waals surface area contributed by atoms with Gasteiger partial charge in [-0.15, -0.1) is 0 Å². The van der Waals surface area contributed by atoms with Crippen LogP contribution in [0.5, 0.6) is 0 Å². The van der Waals surface area contributed by atoms with E-state index in [1.807, 2.05) is 42.2 Å². The highest BCUT2D eigenvalue weighted by atomic mass is 16.2. The number of piperidine rings is 1. The van der Waals surface area contributed by atoms with Crippen LogP contribution in [-0.4, -0.2) is 30.2 Å². The SMILES string of the molecule is Cc1cc(C2CCC2)c([C]=O)cc1C(=O)N1CCC(c2ccc(C#N)cc2)CC1. The van der Waals surface area contributed by atoms with Crippen LogP contribution in [0.1, 0.15) is 82.1 Å². The molecule has 1 aliphatic carbocycles. The zero-order chi connectivity index (χ0) is 20.4. The van der Waals surface area contributed by atoms with Crippen molar-refractivity contribution in [3.05, 3.63) is 69.8 Å². The summed E-state index contributed by atoms with van der Waals surface area (Å²) in [6.07, 6.45) is 7.31. The molecule has 1 saturated carbocycles. The van der Waals surface area contributed by atoms with Crippen molar-refractivity contribution in [2.24, 2.45) is 0 Å². The largest absolute Gasteiger partial charge is 0.339 e. The standard InChI is InChI=1S/C25H25N2O2/c1-17-13-24(21-3-2-4-21)22(16-28)14-23(17)25(29)27-11-9-20(10-12-27)19-7-5-18(15-26)6-8-19/h5-8,13-14,20-21H,2-4,9-12H2,1H3. The molecular weight excluding hydrogens is 360 g/mol. The van der Waals surface area contributed by atoms with Gasteiger partial charge in [-0.05, 0) is 79.3 Å². The Hall–Kier alpha value is -2.93. The fraction of sp³-hybridized carbons (Fsp3) is 0.400. The summed E-state index contributed by atoms with van der Waals surface area (Å²) < 4.78 is 0. The molecule has 0 unspecified atom stereocenters. The molecule has 0 aromatic heterocycles. The maximum absolute atomic E-state index is 13.1. The predicted molar refractivity (Wildman–Crippen MR) is 112 cm³/mol. The van der Waals surface area contributed by atoms with Crippen LogP contribution in [0.25, 0.3) is 0 Å². The molecule has 4 heteroatoms. The Morgan fingerprint density at radius 1 is 1.03 bits per heavy atom. The van der Waals surface area contributed by atoms with Crippen LogP contribution < -0.4 is 0 Å². The molecule has 2 fully saturated rings. The molecule has 1 aliphatic heterocycles. The van der Waals surface area contributed by atoms with Crippen LogP contribution in [0.15, 0.2) is 36.4 Å². The molecule has 0 bridgehead atoms. The number of aryl methyl sites for hydroxylation is 1. The van der Waals surface area contributed by atoms with E-state index in [2.05, 4.69) is 12.4 Å². The molecule has 4 rings (SSSR count). The van der Waals surface area contributed by atoms with Crippen molar-refractivity contribution >= 4 is 12.2 Å². The molecule has 1 heterocycles. The lowest BCUT2D eigenvalue weighted by Gasteiger charge is -2.33. The lowest BCUT2D eigenvalue weighted by Crippen LogP contribution is -2.38. The summed E-state index contributed by atoms with van der Waals surface area (Å²) in [6.45, 7) is 3.37. The first-order valence-corrected chi connectivity index (χ1v) is 10.4. The Morgan fingerprint density at radius 2 is 1.72 bits per heavy atom. The summed E-state index contributed by atoms with van der Waals surface area (Å²) in [5.41, 5.74) is 5.09. The first-order valence-electron chi connectivity index (χ1n) is 10.4. The van der Waals surface area contributed by atoms with E-state index in [1.165, 1.54) is 12.0 Å². The third-order valence-electron chi connectivity index (χ3n) is 6.58. The number of rotatable bonds is 4. The lowest BCUT2D eigenvalue weighted by molar-refractivity contribution is 0.0712. The van der Waals surface area contributed by atoms with Crippen molar-refractivity contribution in [1.82, 2.24) is 4.90 Å². The van der Waals surface area contributed by atoms with Gasteiger partial charge in [0, 0.05) is 24.2 Å². The number of nitriles is 1. The van der Waals surface area contributed by atoms with E-state index in [9.17, 15) is 9.59 Å². The van der Waals surface area contributed by atoms with Crippen LogP contribution in [0, 0.1) is 18.3 Å².